The second-order valence-electron chi connectivity index (χ2n) is 6.08. The van der Waals surface area contributed by atoms with Crippen LogP contribution in [0.5, 0.6) is 0 Å². The predicted octanol–water partition coefficient (Wildman–Crippen LogP) is 2.09. The lowest BCUT2D eigenvalue weighted by molar-refractivity contribution is -0.122. The van der Waals surface area contributed by atoms with E-state index in [0.29, 0.717) is 0 Å². The molecule has 2 aromatic rings. The van der Waals surface area contributed by atoms with Crippen molar-refractivity contribution in [2.45, 2.75) is 45.2 Å². The van der Waals surface area contributed by atoms with Crippen LogP contribution in [-0.2, 0) is 21.2 Å². The highest BCUT2D eigenvalue weighted by molar-refractivity contribution is 7.90. The van der Waals surface area contributed by atoms with E-state index in [-0.39, 0.29) is 23.4 Å². The average Bonchev–Trinajstić information content (AvgIpc) is 2.73. The molecule has 0 fully saturated rings. The van der Waals surface area contributed by atoms with Crippen LogP contribution in [-0.4, -0.2) is 30.4 Å². The minimum absolute atomic E-state index is 0.139. The van der Waals surface area contributed by atoms with Crippen LogP contribution < -0.4 is 5.32 Å². The van der Waals surface area contributed by atoms with Gasteiger partial charge >= 0.3 is 0 Å². The minimum Gasteiger partial charge on any atom is -0.348 e. The Labute approximate surface area is 142 Å². The number of sulfone groups is 1. The summed E-state index contributed by atoms with van der Waals surface area (Å²) in [6.45, 7) is 7.86. The van der Waals surface area contributed by atoms with Crippen LogP contribution in [0, 0.1) is 20.8 Å². The van der Waals surface area contributed by atoms with Crippen LogP contribution in [0.3, 0.4) is 0 Å². The molecule has 0 saturated carbocycles. The van der Waals surface area contributed by atoms with Gasteiger partial charge in [-0.25, -0.2) is 8.42 Å². The van der Waals surface area contributed by atoms with E-state index in [1.54, 1.807) is 28.9 Å². The lowest BCUT2D eigenvalue weighted by Crippen LogP contribution is -2.30. The SMILES string of the molecule is Cc1nn(CC(=O)N[C@H](C)c2ccc(S(C)(=O)=O)cc2)c(C)c1C. The Morgan fingerprint density at radius 1 is 1.21 bits per heavy atom. The molecule has 24 heavy (non-hydrogen) atoms. The molecule has 130 valence electrons. The van der Waals surface area contributed by atoms with Crippen LogP contribution in [0.15, 0.2) is 29.2 Å². The summed E-state index contributed by atoms with van der Waals surface area (Å²) in [5.74, 6) is -0.139. The van der Waals surface area contributed by atoms with Gasteiger partial charge in [-0.1, -0.05) is 12.1 Å². The number of rotatable bonds is 5. The summed E-state index contributed by atoms with van der Waals surface area (Å²) in [5, 5.41) is 7.27. The molecule has 0 aliphatic rings. The molecule has 0 radical (unpaired) electrons. The fourth-order valence-corrected chi connectivity index (χ4v) is 3.08. The van der Waals surface area contributed by atoms with E-state index >= 15 is 0 Å². The average molecular weight is 349 g/mol. The third-order valence-corrected chi connectivity index (χ3v) is 5.35. The maximum absolute atomic E-state index is 12.2. The van der Waals surface area contributed by atoms with Crippen molar-refractivity contribution in [2.24, 2.45) is 0 Å². The first-order valence-corrected chi connectivity index (χ1v) is 9.58. The molecule has 0 unspecified atom stereocenters. The van der Waals surface area contributed by atoms with Crippen molar-refractivity contribution in [3.63, 3.8) is 0 Å². The molecule has 7 heteroatoms. The molecule has 6 nitrogen and oxygen atoms in total. The standard InChI is InChI=1S/C17H23N3O3S/c1-11-12(2)19-20(14(11)4)10-17(21)18-13(3)15-6-8-16(9-7-15)24(5,22)23/h6-9,13H,10H2,1-5H3,(H,18,21)/t13-/m1/s1. The highest BCUT2D eigenvalue weighted by atomic mass is 32.2. The van der Waals surface area contributed by atoms with Crippen LogP contribution in [0.1, 0.15) is 35.5 Å². The molecular formula is C17H23N3O3S. The zero-order chi connectivity index (χ0) is 18.1. The lowest BCUT2D eigenvalue weighted by Gasteiger charge is -2.15. The Bertz CT molecular complexity index is 852. The molecule has 0 aliphatic carbocycles. The number of aromatic nitrogens is 2. The van der Waals surface area contributed by atoms with E-state index < -0.39 is 9.84 Å². The van der Waals surface area contributed by atoms with Crippen molar-refractivity contribution >= 4 is 15.7 Å². The number of carbonyl (C=O) groups is 1. The molecule has 0 saturated heterocycles. The quantitative estimate of drug-likeness (QED) is 0.896. The van der Waals surface area contributed by atoms with E-state index in [9.17, 15) is 13.2 Å². The zero-order valence-corrected chi connectivity index (χ0v) is 15.4. The molecule has 1 amide bonds. The number of carbonyl (C=O) groups excluding carboxylic acids is 1. The topological polar surface area (TPSA) is 81.1 Å². The Morgan fingerprint density at radius 3 is 2.25 bits per heavy atom. The van der Waals surface area contributed by atoms with Gasteiger partial charge in [-0.3, -0.25) is 9.48 Å². The first-order valence-electron chi connectivity index (χ1n) is 7.69. The smallest absolute Gasteiger partial charge is 0.242 e. The Kier molecular flexibility index (Phi) is 5.13. The van der Waals surface area contributed by atoms with E-state index in [4.69, 9.17) is 0 Å². The molecular weight excluding hydrogens is 326 g/mol. The molecule has 1 N–H and O–H groups in total. The monoisotopic (exact) mass is 349 g/mol. The van der Waals surface area contributed by atoms with Crippen LogP contribution in [0.25, 0.3) is 0 Å². The number of aryl methyl sites for hydroxylation is 1. The van der Waals surface area contributed by atoms with Gasteiger partial charge in [0.25, 0.3) is 0 Å². The molecule has 0 spiro atoms. The van der Waals surface area contributed by atoms with E-state index in [2.05, 4.69) is 10.4 Å². The maximum Gasteiger partial charge on any atom is 0.242 e. The highest BCUT2D eigenvalue weighted by Gasteiger charge is 2.14. The third-order valence-electron chi connectivity index (χ3n) is 4.22. The van der Waals surface area contributed by atoms with Gasteiger partial charge in [0.1, 0.15) is 6.54 Å². The number of amides is 1. The number of nitrogens with one attached hydrogen (secondary N) is 1. The summed E-state index contributed by atoms with van der Waals surface area (Å²) in [4.78, 5) is 12.5. The van der Waals surface area contributed by atoms with Crippen molar-refractivity contribution in [3.05, 3.63) is 46.8 Å². The zero-order valence-electron chi connectivity index (χ0n) is 14.6. The van der Waals surface area contributed by atoms with Gasteiger partial charge in [-0.05, 0) is 51.0 Å². The van der Waals surface area contributed by atoms with Crippen LogP contribution >= 0.6 is 0 Å². The fourth-order valence-electron chi connectivity index (χ4n) is 2.45. The first kappa shape index (κ1) is 18.2. The van der Waals surface area contributed by atoms with Gasteiger partial charge in [0, 0.05) is 11.9 Å². The van der Waals surface area contributed by atoms with Crippen LogP contribution in [0.2, 0.25) is 0 Å². The fraction of sp³-hybridized carbons (Fsp3) is 0.412. The normalized spacial score (nSPS) is 12.9. The molecule has 1 heterocycles. The van der Waals surface area contributed by atoms with E-state index in [1.807, 2.05) is 27.7 Å². The van der Waals surface area contributed by atoms with Gasteiger partial charge < -0.3 is 5.32 Å². The molecule has 2 rings (SSSR count). The van der Waals surface area contributed by atoms with Gasteiger partial charge in [0.15, 0.2) is 9.84 Å². The maximum atomic E-state index is 12.2. The van der Waals surface area contributed by atoms with Crippen molar-refractivity contribution < 1.29 is 13.2 Å². The summed E-state index contributed by atoms with van der Waals surface area (Å²) in [6.07, 6.45) is 1.17. The Morgan fingerprint density at radius 2 is 1.79 bits per heavy atom. The Hall–Kier alpha value is -2.15. The number of hydrogen-bond donors (Lipinski definition) is 1. The number of hydrogen-bond acceptors (Lipinski definition) is 4. The van der Waals surface area contributed by atoms with Crippen molar-refractivity contribution in [1.29, 1.82) is 0 Å². The summed E-state index contributed by atoms with van der Waals surface area (Å²) in [6, 6.07) is 6.32. The summed E-state index contributed by atoms with van der Waals surface area (Å²) < 4.78 is 24.6. The second-order valence-corrected chi connectivity index (χ2v) is 8.10. The molecule has 1 atom stereocenters. The third kappa shape index (κ3) is 4.03. The highest BCUT2D eigenvalue weighted by Crippen LogP contribution is 2.16. The Balaban J connectivity index is 2.04. The van der Waals surface area contributed by atoms with Gasteiger partial charge in [0.2, 0.25) is 5.91 Å². The summed E-state index contributed by atoms with van der Waals surface area (Å²) >= 11 is 0. The molecule has 1 aromatic carbocycles. The van der Waals surface area contributed by atoms with Gasteiger partial charge in [-0.15, -0.1) is 0 Å². The molecule has 1 aromatic heterocycles. The lowest BCUT2D eigenvalue weighted by atomic mass is 10.1. The van der Waals surface area contributed by atoms with Crippen molar-refractivity contribution in [3.8, 4) is 0 Å². The summed E-state index contributed by atoms with van der Waals surface area (Å²) in [7, 11) is -3.21. The minimum atomic E-state index is -3.21. The van der Waals surface area contributed by atoms with Gasteiger partial charge in [0.05, 0.1) is 16.6 Å². The van der Waals surface area contributed by atoms with E-state index in [1.165, 1.54) is 6.26 Å². The van der Waals surface area contributed by atoms with Crippen LogP contribution in [0.4, 0.5) is 0 Å². The molecule has 0 bridgehead atoms. The molecule has 0 aliphatic heterocycles. The first-order chi connectivity index (χ1) is 11.1. The van der Waals surface area contributed by atoms with Gasteiger partial charge in [-0.2, -0.15) is 5.10 Å². The van der Waals surface area contributed by atoms with E-state index in [0.717, 1.165) is 22.5 Å². The summed E-state index contributed by atoms with van der Waals surface area (Å²) in [5.41, 5.74) is 3.84. The van der Waals surface area contributed by atoms with Crippen molar-refractivity contribution in [1.82, 2.24) is 15.1 Å². The number of nitrogens with zero attached hydrogens (tertiary/aromatic N) is 2. The second kappa shape index (κ2) is 6.76. The largest absolute Gasteiger partial charge is 0.348 e. The number of benzene rings is 1. The van der Waals surface area contributed by atoms with Crippen molar-refractivity contribution in [2.75, 3.05) is 6.26 Å². The predicted molar refractivity (Wildman–Crippen MR) is 92.5 cm³/mol.